The third kappa shape index (κ3) is 7.71. The fourth-order valence-corrected chi connectivity index (χ4v) is 5.01. The Balaban J connectivity index is 1.60. The van der Waals surface area contributed by atoms with E-state index in [9.17, 15) is 9.59 Å². The van der Waals surface area contributed by atoms with Crippen LogP contribution in [0.15, 0.2) is 83.0 Å². The molecule has 0 saturated carbocycles. The number of carbonyl (C=O) groups excluding carboxylic acids is 2. The molecule has 1 aromatic carbocycles. The number of carbonyl (C=O) groups is 2. The fourth-order valence-electron chi connectivity index (χ4n) is 5.01. The molecule has 7 nitrogen and oxygen atoms in total. The number of amides is 1. The topological polar surface area (TPSA) is 67.9 Å². The molecule has 2 aliphatic rings. The predicted octanol–water partition coefficient (Wildman–Crippen LogP) is 4.02. The number of hydrogen-bond acceptors (Lipinski definition) is 6. The van der Waals surface area contributed by atoms with E-state index in [0.29, 0.717) is 5.92 Å². The number of rotatable bonds is 10. The van der Waals surface area contributed by atoms with Crippen LogP contribution in [0.5, 0.6) is 0 Å². The molecular weight excluding hydrogens is 474 g/mol. The lowest BCUT2D eigenvalue weighted by Gasteiger charge is -2.33. The van der Waals surface area contributed by atoms with Gasteiger partial charge in [-0.25, -0.2) is 0 Å². The zero-order chi connectivity index (χ0) is 27.7. The molecule has 1 amide bonds. The highest BCUT2D eigenvalue weighted by Gasteiger charge is 2.22. The monoisotopic (exact) mass is 517 g/mol. The lowest BCUT2D eigenvalue weighted by molar-refractivity contribution is -0.104. The number of likely N-dealkylation sites (N-methyl/N-ethyl adjacent to an activating group) is 2. The van der Waals surface area contributed by atoms with Crippen LogP contribution < -0.4 is 10.6 Å². The molecule has 1 saturated heterocycles. The van der Waals surface area contributed by atoms with Gasteiger partial charge in [-0.15, -0.1) is 0 Å². The van der Waals surface area contributed by atoms with E-state index in [1.54, 1.807) is 26.0 Å². The van der Waals surface area contributed by atoms with Crippen LogP contribution in [0.2, 0.25) is 0 Å². The minimum Gasteiger partial charge on any atom is -0.388 e. The Morgan fingerprint density at radius 1 is 1.16 bits per heavy atom. The van der Waals surface area contributed by atoms with Crippen molar-refractivity contribution in [2.24, 2.45) is 0 Å². The van der Waals surface area contributed by atoms with E-state index in [1.165, 1.54) is 22.8 Å². The van der Waals surface area contributed by atoms with Gasteiger partial charge in [0.2, 0.25) is 0 Å². The van der Waals surface area contributed by atoms with E-state index < -0.39 is 0 Å². The number of hydrogen-bond donors (Lipinski definition) is 2. The van der Waals surface area contributed by atoms with Crippen molar-refractivity contribution >= 4 is 12.2 Å². The maximum Gasteiger partial charge on any atom is 0.253 e. The molecule has 1 fully saturated rings. The summed E-state index contributed by atoms with van der Waals surface area (Å²) in [7, 11) is 7.41. The van der Waals surface area contributed by atoms with Crippen LogP contribution in [-0.2, 0) is 4.79 Å². The Bertz CT molecular complexity index is 1130. The largest absolute Gasteiger partial charge is 0.388 e. The average molecular weight is 518 g/mol. The van der Waals surface area contributed by atoms with E-state index >= 15 is 0 Å². The zero-order valence-corrected chi connectivity index (χ0v) is 23.8. The number of benzene rings is 1. The fraction of sp³-hybridized carbons (Fsp3) is 0.419. The van der Waals surface area contributed by atoms with Crippen LogP contribution in [0.1, 0.15) is 48.5 Å². The summed E-state index contributed by atoms with van der Waals surface area (Å²) in [6.07, 6.45) is 12.9. The Labute approximate surface area is 228 Å². The van der Waals surface area contributed by atoms with Crippen molar-refractivity contribution < 1.29 is 9.59 Å². The molecule has 3 rings (SSSR count). The lowest BCUT2D eigenvalue weighted by Crippen LogP contribution is -2.34. The van der Waals surface area contributed by atoms with Crippen LogP contribution in [0.4, 0.5) is 0 Å². The first kappa shape index (κ1) is 29.0. The van der Waals surface area contributed by atoms with Crippen molar-refractivity contribution in [2.45, 2.75) is 32.6 Å². The van der Waals surface area contributed by atoms with E-state index in [-0.39, 0.29) is 5.91 Å². The van der Waals surface area contributed by atoms with Crippen molar-refractivity contribution in [2.75, 3.05) is 54.4 Å². The van der Waals surface area contributed by atoms with Gasteiger partial charge < -0.3 is 20.4 Å². The van der Waals surface area contributed by atoms with Gasteiger partial charge in [0.25, 0.3) is 5.91 Å². The van der Waals surface area contributed by atoms with Gasteiger partial charge in [-0.1, -0.05) is 23.8 Å². The molecule has 2 N–H and O–H groups in total. The Hall–Kier alpha value is -3.58. The van der Waals surface area contributed by atoms with Gasteiger partial charge in [0.15, 0.2) is 0 Å². The average Bonchev–Trinajstić information content (AvgIpc) is 2.92. The molecule has 0 aliphatic carbocycles. The van der Waals surface area contributed by atoms with Gasteiger partial charge in [-0.05, 0) is 75.5 Å². The molecule has 2 aliphatic heterocycles. The van der Waals surface area contributed by atoms with Gasteiger partial charge in [0.1, 0.15) is 6.29 Å². The van der Waals surface area contributed by atoms with Crippen molar-refractivity contribution in [3.63, 3.8) is 0 Å². The highest BCUT2D eigenvalue weighted by atomic mass is 16.2. The van der Waals surface area contributed by atoms with Crippen molar-refractivity contribution in [3.8, 4) is 0 Å². The number of piperidine rings is 1. The van der Waals surface area contributed by atoms with Gasteiger partial charge in [-0.3, -0.25) is 14.5 Å². The molecule has 38 heavy (non-hydrogen) atoms. The van der Waals surface area contributed by atoms with Crippen LogP contribution in [0.25, 0.3) is 0 Å². The summed E-state index contributed by atoms with van der Waals surface area (Å²) in [6, 6.07) is 8.17. The molecule has 0 aromatic heterocycles. The van der Waals surface area contributed by atoms with Gasteiger partial charge >= 0.3 is 0 Å². The quantitative estimate of drug-likeness (QED) is 0.278. The molecule has 7 heteroatoms. The SMILES string of the molecule is CNC(/C=C\N(C)C1=CCNC(C)=C1/C=C(\C)CN1CCC(c2ccc(C(=O)N(C)C)cc2)CC1)=C/C=O. The van der Waals surface area contributed by atoms with Crippen LogP contribution in [0, 0.1) is 0 Å². The first-order valence-corrected chi connectivity index (χ1v) is 13.3. The van der Waals surface area contributed by atoms with Crippen LogP contribution in [-0.4, -0.2) is 81.3 Å². The van der Waals surface area contributed by atoms with Crippen LogP contribution in [0.3, 0.4) is 0 Å². The molecule has 0 atom stereocenters. The summed E-state index contributed by atoms with van der Waals surface area (Å²) < 4.78 is 0. The van der Waals surface area contributed by atoms with Crippen LogP contribution >= 0.6 is 0 Å². The number of nitrogens with zero attached hydrogens (tertiary/aromatic N) is 3. The number of allylic oxidation sites excluding steroid dienone is 4. The third-order valence-corrected chi connectivity index (χ3v) is 7.22. The summed E-state index contributed by atoms with van der Waals surface area (Å²) >= 11 is 0. The smallest absolute Gasteiger partial charge is 0.253 e. The summed E-state index contributed by atoms with van der Waals surface area (Å²) in [4.78, 5) is 29.3. The normalized spacial score (nSPS) is 17.8. The molecule has 0 bridgehead atoms. The van der Waals surface area contributed by atoms with E-state index in [2.05, 4.69) is 58.6 Å². The van der Waals surface area contributed by atoms with Crippen molar-refractivity contribution in [1.82, 2.24) is 25.3 Å². The predicted molar refractivity (Wildman–Crippen MR) is 156 cm³/mol. The number of likely N-dealkylation sites (tertiary alicyclic amines) is 1. The first-order valence-electron chi connectivity index (χ1n) is 13.3. The molecular formula is C31H43N5O2. The van der Waals surface area contributed by atoms with E-state index in [1.807, 2.05) is 31.5 Å². The standard InChI is InChI=1S/C31H43N5O2/c1-23(21-29-24(2)33-16-11-30(29)35(6)17-14-28(32-3)15-20-37)22-36-18-12-26(13-19-36)25-7-9-27(10-8-25)31(38)34(4)5/h7-11,14-15,17,20-21,26,32-33H,12-13,16,18-19,22H2,1-6H3/b17-14-,23-21+,28-15+. The van der Waals surface area contributed by atoms with Crippen molar-refractivity contribution in [3.05, 3.63) is 94.1 Å². The minimum absolute atomic E-state index is 0.0461. The van der Waals surface area contributed by atoms with E-state index in [0.717, 1.165) is 68.0 Å². The highest BCUT2D eigenvalue weighted by Crippen LogP contribution is 2.29. The maximum absolute atomic E-state index is 12.2. The van der Waals surface area contributed by atoms with Gasteiger partial charge in [0, 0.05) is 81.8 Å². The highest BCUT2D eigenvalue weighted by molar-refractivity contribution is 5.93. The van der Waals surface area contributed by atoms with Gasteiger partial charge in [0.05, 0.1) is 0 Å². The summed E-state index contributed by atoms with van der Waals surface area (Å²) in [5.41, 5.74) is 7.66. The molecule has 204 valence electrons. The first-order chi connectivity index (χ1) is 18.2. The Morgan fingerprint density at radius 2 is 1.84 bits per heavy atom. The second-order valence-corrected chi connectivity index (χ2v) is 10.3. The maximum atomic E-state index is 12.2. The molecule has 0 radical (unpaired) electrons. The van der Waals surface area contributed by atoms with Gasteiger partial charge in [-0.2, -0.15) is 0 Å². The number of aldehydes is 1. The summed E-state index contributed by atoms with van der Waals surface area (Å²) in [5, 5.41) is 6.49. The number of nitrogens with one attached hydrogen (secondary N) is 2. The van der Waals surface area contributed by atoms with E-state index in [4.69, 9.17) is 0 Å². The number of dihydropyridines is 1. The molecule has 0 spiro atoms. The summed E-state index contributed by atoms with van der Waals surface area (Å²) in [5.74, 6) is 0.585. The lowest BCUT2D eigenvalue weighted by atomic mass is 9.88. The zero-order valence-electron chi connectivity index (χ0n) is 23.8. The van der Waals surface area contributed by atoms with Crippen molar-refractivity contribution in [1.29, 1.82) is 0 Å². The second-order valence-electron chi connectivity index (χ2n) is 10.3. The molecule has 1 aromatic rings. The minimum atomic E-state index is 0.0461. The Kier molecular flexibility index (Phi) is 10.5. The second kappa shape index (κ2) is 13.8. The Morgan fingerprint density at radius 3 is 2.45 bits per heavy atom. The summed E-state index contributed by atoms with van der Waals surface area (Å²) in [6.45, 7) is 8.19. The third-order valence-electron chi connectivity index (χ3n) is 7.22. The molecule has 0 unspecified atom stereocenters. The molecule has 2 heterocycles.